The average Bonchev–Trinajstić information content (AvgIpc) is 3.25. The van der Waals surface area contributed by atoms with Crippen molar-refractivity contribution in [2.75, 3.05) is 6.54 Å². The van der Waals surface area contributed by atoms with Crippen LogP contribution in [0.25, 0.3) is 0 Å². The van der Waals surface area contributed by atoms with E-state index in [1.807, 2.05) is 61.5 Å². The quantitative estimate of drug-likeness (QED) is 0.545. The number of hydrogen-bond acceptors (Lipinski definition) is 4. The molecule has 1 amide bonds. The smallest absolute Gasteiger partial charge is 0.410 e. The molecule has 0 saturated carbocycles. The highest BCUT2D eigenvalue weighted by molar-refractivity contribution is 6.30. The third-order valence-corrected chi connectivity index (χ3v) is 5.75. The first-order chi connectivity index (χ1) is 14.6. The molecule has 0 spiro atoms. The van der Waals surface area contributed by atoms with E-state index in [1.165, 1.54) is 0 Å². The number of hydrogen-bond donors (Lipinski definition) is 0. The highest BCUT2D eigenvalue weighted by atomic mass is 35.5. The van der Waals surface area contributed by atoms with Gasteiger partial charge in [0.05, 0.1) is 11.7 Å². The van der Waals surface area contributed by atoms with Crippen molar-refractivity contribution in [3.8, 4) is 0 Å². The van der Waals surface area contributed by atoms with Gasteiger partial charge in [-0.25, -0.2) is 14.8 Å². The molecule has 154 valence electrons. The SMILES string of the molecule is Cc1ncnc([C@H]2CCCN2C(=O)OCc2ccccc2)c1Cc1ccc(Cl)cc1. The Morgan fingerprint density at radius 3 is 2.63 bits per heavy atom. The number of carbonyl (C=O) groups excluding carboxylic acids is 1. The zero-order valence-electron chi connectivity index (χ0n) is 16.9. The van der Waals surface area contributed by atoms with Crippen LogP contribution in [0, 0.1) is 6.92 Å². The Morgan fingerprint density at radius 1 is 1.10 bits per heavy atom. The first-order valence-corrected chi connectivity index (χ1v) is 10.5. The second-order valence-corrected chi connectivity index (χ2v) is 7.95. The molecule has 0 N–H and O–H groups in total. The van der Waals surface area contributed by atoms with Crippen molar-refractivity contribution in [1.29, 1.82) is 0 Å². The Balaban J connectivity index is 1.54. The fourth-order valence-corrected chi connectivity index (χ4v) is 4.03. The first-order valence-electron chi connectivity index (χ1n) is 10.1. The van der Waals surface area contributed by atoms with E-state index in [0.29, 0.717) is 18.0 Å². The summed E-state index contributed by atoms with van der Waals surface area (Å²) < 4.78 is 5.59. The fraction of sp³-hybridized carbons (Fsp3) is 0.292. The Hall–Kier alpha value is -2.92. The van der Waals surface area contributed by atoms with E-state index in [1.54, 1.807) is 11.2 Å². The maximum atomic E-state index is 12.8. The van der Waals surface area contributed by atoms with Crippen LogP contribution >= 0.6 is 11.6 Å². The van der Waals surface area contributed by atoms with E-state index in [-0.39, 0.29) is 18.7 Å². The van der Waals surface area contributed by atoms with Gasteiger partial charge < -0.3 is 4.74 Å². The summed E-state index contributed by atoms with van der Waals surface area (Å²) in [5.74, 6) is 0. The molecule has 0 bridgehead atoms. The van der Waals surface area contributed by atoms with Gasteiger partial charge in [0.15, 0.2) is 0 Å². The van der Waals surface area contributed by atoms with E-state index < -0.39 is 0 Å². The van der Waals surface area contributed by atoms with Gasteiger partial charge in [0.1, 0.15) is 12.9 Å². The Morgan fingerprint density at radius 2 is 1.87 bits per heavy atom. The van der Waals surface area contributed by atoms with Gasteiger partial charge in [-0.2, -0.15) is 0 Å². The van der Waals surface area contributed by atoms with Crippen molar-refractivity contribution in [1.82, 2.24) is 14.9 Å². The molecule has 1 atom stereocenters. The van der Waals surface area contributed by atoms with Gasteiger partial charge in [0.25, 0.3) is 0 Å². The number of aromatic nitrogens is 2. The number of nitrogens with zero attached hydrogens (tertiary/aromatic N) is 3. The number of likely N-dealkylation sites (tertiary alicyclic amines) is 1. The van der Waals surface area contributed by atoms with Crippen LogP contribution in [0.15, 0.2) is 60.9 Å². The van der Waals surface area contributed by atoms with E-state index in [2.05, 4.69) is 9.97 Å². The van der Waals surface area contributed by atoms with Crippen molar-refractivity contribution in [3.05, 3.63) is 94.0 Å². The third-order valence-electron chi connectivity index (χ3n) is 5.50. The maximum Gasteiger partial charge on any atom is 0.410 e. The second-order valence-electron chi connectivity index (χ2n) is 7.52. The Labute approximate surface area is 181 Å². The predicted octanol–water partition coefficient (Wildman–Crippen LogP) is 5.50. The summed E-state index contributed by atoms with van der Waals surface area (Å²) in [6.07, 6.45) is 3.78. The molecule has 30 heavy (non-hydrogen) atoms. The lowest BCUT2D eigenvalue weighted by Crippen LogP contribution is -2.32. The molecule has 0 radical (unpaired) electrons. The summed E-state index contributed by atoms with van der Waals surface area (Å²) in [5, 5.41) is 0.711. The summed E-state index contributed by atoms with van der Waals surface area (Å²) >= 11 is 6.03. The number of aryl methyl sites for hydroxylation is 1. The predicted molar refractivity (Wildman–Crippen MR) is 116 cm³/mol. The number of halogens is 1. The molecule has 4 rings (SSSR count). The van der Waals surface area contributed by atoms with Crippen molar-refractivity contribution < 1.29 is 9.53 Å². The molecule has 1 aromatic heterocycles. The largest absolute Gasteiger partial charge is 0.445 e. The highest BCUT2D eigenvalue weighted by Gasteiger charge is 2.34. The number of benzene rings is 2. The van der Waals surface area contributed by atoms with Gasteiger partial charge in [0, 0.05) is 29.2 Å². The molecule has 3 aromatic rings. The van der Waals surface area contributed by atoms with E-state index in [0.717, 1.165) is 40.9 Å². The molecule has 0 unspecified atom stereocenters. The molecule has 6 heteroatoms. The van der Waals surface area contributed by atoms with Crippen LogP contribution in [0.4, 0.5) is 4.79 Å². The lowest BCUT2D eigenvalue weighted by Gasteiger charge is -2.25. The summed E-state index contributed by atoms with van der Waals surface area (Å²) in [5.41, 5.74) is 5.01. The van der Waals surface area contributed by atoms with E-state index in [4.69, 9.17) is 16.3 Å². The van der Waals surface area contributed by atoms with Gasteiger partial charge in [-0.05, 0) is 43.0 Å². The minimum atomic E-state index is -0.296. The highest BCUT2D eigenvalue weighted by Crippen LogP contribution is 2.34. The Bertz CT molecular complexity index is 1010. The summed E-state index contributed by atoms with van der Waals surface area (Å²) in [6.45, 7) is 2.93. The molecule has 1 aliphatic rings. The summed E-state index contributed by atoms with van der Waals surface area (Å²) in [7, 11) is 0. The molecule has 2 aromatic carbocycles. The van der Waals surface area contributed by atoms with Gasteiger partial charge in [0.2, 0.25) is 0 Å². The lowest BCUT2D eigenvalue weighted by atomic mass is 9.97. The van der Waals surface area contributed by atoms with Crippen molar-refractivity contribution in [2.45, 2.75) is 38.8 Å². The van der Waals surface area contributed by atoms with Crippen molar-refractivity contribution >= 4 is 17.7 Å². The number of amides is 1. The van der Waals surface area contributed by atoms with Crippen LogP contribution in [-0.2, 0) is 17.8 Å². The minimum absolute atomic E-state index is 0.0997. The number of carbonyl (C=O) groups is 1. The zero-order valence-corrected chi connectivity index (χ0v) is 17.7. The fourth-order valence-electron chi connectivity index (χ4n) is 3.90. The van der Waals surface area contributed by atoms with Crippen LogP contribution in [0.3, 0.4) is 0 Å². The monoisotopic (exact) mass is 421 g/mol. The van der Waals surface area contributed by atoms with E-state index >= 15 is 0 Å². The normalized spacial score (nSPS) is 15.9. The molecule has 1 aliphatic heterocycles. The van der Waals surface area contributed by atoms with Crippen LogP contribution < -0.4 is 0 Å². The minimum Gasteiger partial charge on any atom is -0.445 e. The van der Waals surface area contributed by atoms with Gasteiger partial charge in [-0.3, -0.25) is 4.90 Å². The zero-order chi connectivity index (χ0) is 20.9. The lowest BCUT2D eigenvalue weighted by molar-refractivity contribution is 0.0913. The topological polar surface area (TPSA) is 55.3 Å². The van der Waals surface area contributed by atoms with Crippen molar-refractivity contribution in [3.63, 3.8) is 0 Å². The third kappa shape index (κ3) is 4.62. The molecule has 1 saturated heterocycles. The number of ether oxygens (including phenoxy) is 1. The molecule has 5 nitrogen and oxygen atoms in total. The Kier molecular flexibility index (Phi) is 6.29. The second kappa shape index (κ2) is 9.26. The van der Waals surface area contributed by atoms with Crippen molar-refractivity contribution in [2.24, 2.45) is 0 Å². The van der Waals surface area contributed by atoms with Crippen LogP contribution in [-0.4, -0.2) is 27.5 Å². The maximum absolute atomic E-state index is 12.8. The number of rotatable bonds is 5. The van der Waals surface area contributed by atoms with Gasteiger partial charge >= 0.3 is 6.09 Å². The van der Waals surface area contributed by atoms with Gasteiger partial charge in [-0.1, -0.05) is 54.1 Å². The van der Waals surface area contributed by atoms with Crippen LogP contribution in [0.2, 0.25) is 5.02 Å². The molecule has 1 fully saturated rings. The van der Waals surface area contributed by atoms with Crippen LogP contribution in [0.5, 0.6) is 0 Å². The molecular formula is C24H24ClN3O2. The summed E-state index contributed by atoms with van der Waals surface area (Å²) in [4.78, 5) is 23.6. The van der Waals surface area contributed by atoms with Gasteiger partial charge in [-0.15, -0.1) is 0 Å². The molecule has 0 aliphatic carbocycles. The average molecular weight is 422 g/mol. The summed E-state index contributed by atoms with van der Waals surface area (Å²) in [6, 6.07) is 17.4. The van der Waals surface area contributed by atoms with E-state index in [9.17, 15) is 4.79 Å². The molecule has 2 heterocycles. The first kappa shape index (κ1) is 20.4. The standard InChI is InChI=1S/C24H24ClN3O2/c1-17-21(14-18-9-11-20(25)12-10-18)23(27-16-26-17)22-8-5-13-28(22)24(29)30-15-19-6-3-2-4-7-19/h2-4,6-7,9-12,16,22H,5,8,13-15H2,1H3/t22-/m1/s1. The molecular weight excluding hydrogens is 398 g/mol. The van der Waals surface area contributed by atoms with Crippen LogP contribution in [0.1, 0.15) is 47.0 Å².